The molecule has 0 aromatic carbocycles. The molecule has 0 aliphatic heterocycles. The van der Waals surface area contributed by atoms with Crippen molar-refractivity contribution in [1.82, 2.24) is 4.90 Å². The zero-order valence-corrected chi connectivity index (χ0v) is 8.72. The first-order valence-corrected chi connectivity index (χ1v) is 4.76. The van der Waals surface area contributed by atoms with E-state index in [-0.39, 0.29) is 0 Å². The Labute approximate surface area is 71.8 Å². The van der Waals surface area contributed by atoms with Gasteiger partial charge >= 0.3 is 0 Å². The van der Waals surface area contributed by atoms with Crippen LogP contribution in [0.3, 0.4) is 0 Å². The van der Waals surface area contributed by atoms with Crippen molar-refractivity contribution >= 4 is 0 Å². The summed E-state index contributed by atoms with van der Waals surface area (Å²) in [6.45, 7) is 11.6. The molecule has 0 rings (SSSR count). The fourth-order valence-electron chi connectivity index (χ4n) is 1.18. The molecule has 1 heteroatoms. The minimum Gasteiger partial charge on any atom is -0.306 e. The number of rotatable bonds is 5. The molecule has 0 aromatic heterocycles. The molecule has 1 nitrogen and oxygen atoms in total. The van der Waals surface area contributed by atoms with Crippen LogP contribution < -0.4 is 0 Å². The topological polar surface area (TPSA) is 3.24 Å². The molecule has 68 valence electrons. The zero-order chi connectivity index (χ0) is 8.85. The molecule has 0 amide bonds. The van der Waals surface area contributed by atoms with E-state index in [9.17, 15) is 0 Å². The normalized spacial score (nSPS) is 14.5. The average molecular weight is 157 g/mol. The van der Waals surface area contributed by atoms with Crippen LogP contribution in [0.2, 0.25) is 0 Å². The summed E-state index contributed by atoms with van der Waals surface area (Å²) < 4.78 is 0. The van der Waals surface area contributed by atoms with Gasteiger partial charge in [0.25, 0.3) is 0 Å². The van der Waals surface area contributed by atoms with Gasteiger partial charge in [-0.2, -0.15) is 0 Å². The van der Waals surface area contributed by atoms with Crippen LogP contribution in [0.1, 0.15) is 34.1 Å². The van der Waals surface area contributed by atoms with Gasteiger partial charge in [-0.05, 0) is 31.8 Å². The van der Waals surface area contributed by atoms with Gasteiger partial charge in [-0.15, -0.1) is 0 Å². The summed E-state index contributed by atoms with van der Waals surface area (Å²) in [6, 6.07) is 0. The Morgan fingerprint density at radius 3 is 2.09 bits per heavy atom. The molecular formula is C10H23N. The maximum absolute atomic E-state index is 2.42. The molecule has 0 fully saturated rings. The van der Waals surface area contributed by atoms with Crippen molar-refractivity contribution in [2.75, 3.05) is 20.1 Å². The molecule has 0 aromatic rings. The fourth-order valence-corrected chi connectivity index (χ4v) is 1.18. The van der Waals surface area contributed by atoms with E-state index in [2.05, 4.69) is 39.6 Å². The van der Waals surface area contributed by atoms with Gasteiger partial charge < -0.3 is 4.90 Å². The van der Waals surface area contributed by atoms with Gasteiger partial charge in [-0.25, -0.2) is 0 Å². The van der Waals surface area contributed by atoms with Gasteiger partial charge in [-0.3, -0.25) is 0 Å². The van der Waals surface area contributed by atoms with Crippen LogP contribution in [0.25, 0.3) is 0 Å². The second kappa shape index (κ2) is 5.59. The van der Waals surface area contributed by atoms with Crippen LogP contribution >= 0.6 is 0 Å². The Balaban J connectivity index is 3.48. The Hall–Kier alpha value is -0.0400. The second-order valence-electron chi connectivity index (χ2n) is 3.98. The second-order valence-corrected chi connectivity index (χ2v) is 3.98. The van der Waals surface area contributed by atoms with Gasteiger partial charge in [-0.1, -0.05) is 27.7 Å². The Kier molecular flexibility index (Phi) is 5.57. The summed E-state index contributed by atoms with van der Waals surface area (Å²) in [4.78, 5) is 2.42. The lowest BCUT2D eigenvalue weighted by Gasteiger charge is -2.23. The van der Waals surface area contributed by atoms with Crippen LogP contribution in [0.5, 0.6) is 0 Å². The average Bonchev–Trinajstić information content (AvgIpc) is 1.87. The number of hydrogen-bond donors (Lipinski definition) is 0. The van der Waals surface area contributed by atoms with E-state index in [1.165, 1.54) is 19.5 Å². The minimum absolute atomic E-state index is 0.814. The molecule has 0 aliphatic carbocycles. The van der Waals surface area contributed by atoms with E-state index in [1.54, 1.807) is 0 Å². The third kappa shape index (κ3) is 5.25. The van der Waals surface area contributed by atoms with E-state index < -0.39 is 0 Å². The van der Waals surface area contributed by atoms with E-state index in [0.717, 1.165) is 11.8 Å². The highest BCUT2D eigenvalue weighted by atomic mass is 15.1. The summed E-state index contributed by atoms with van der Waals surface area (Å²) in [5.41, 5.74) is 0. The predicted octanol–water partition coefficient (Wildman–Crippen LogP) is 2.62. The van der Waals surface area contributed by atoms with Crippen molar-refractivity contribution in [3.05, 3.63) is 0 Å². The molecule has 0 radical (unpaired) electrons. The molecule has 0 spiro atoms. The van der Waals surface area contributed by atoms with Crippen molar-refractivity contribution in [1.29, 1.82) is 0 Å². The lowest BCUT2D eigenvalue weighted by molar-refractivity contribution is 0.250. The zero-order valence-electron chi connectivity index (χ0n) is 8.72. The molecule has 0 bridgehead atoms. The largest absolute Gasteiger partial charge is 0.306 e. The molecule has 0 N–H and O–H groups in total. The highest BCUT2D eigenvalue weighted by molar-refractivity contribution is 4.61. The fraction of sp³-hybridized carbons (Fsp3) is 1.00. The van der Waals surface area contributed by atoms with Crippen molar-refractivity contribution in [3.8, 4) is 0 Å². The standard InChI is InChI=1S/C10H23N/c1-6-7-11(5)8-10(4)9(2)3/h9-10H,6-8H2,1-5H3. The summed E-state index contributed by atoms with van der Waals surface area (Å²) >= 11 is 0. The molecule has 0 saturated heterocycles. The molecule has 11 heavy (non-hydrogen) atoms. The molecule has 1 atom stereocenters. The SMILES string of the molecule is CCCN(C)CC(C)C(C)C. The Bertz CT molecular complexity index is 88.9. The van der Waals surface area contributed by atoms with Crippen molar-refractivity contribution in [2.24, 2.45) is 11.8 Å². The lowest BCUT2D eigenvalue weighted by atomic mass is 9.98. The lowest BCUT2D eigenvalue weighted by Crippen LogP contribution is -2.27. The first kappa shape index (κ1) is 11.0. The summed E-state index contributed by atoms with van der Waals surface area (Å²) in [7, 11) is 2.21. The Morgan fingerprint density at radius 2 is 1.73 bits per heavy atom. The van der Waals surface area contributed by atoms with Gasteiger partial charge in [0.05, 0.1) is 0 Å². The van der Waals surface area contributed by atoms with Crippen molar-refractivity contribution in [2.45, 2.75) is 34.1 Å². The molecule has 1 unspecified atom stereocenters. The first-order valence-electron chi connectivity index (χ1n) is 4.76. The van der Waals surface area contributed by atoms with Gasteiger partial charge in [0.1, 0.15) is 0 Å². The van der Waals surface area contributed by atoms with E-state index in [0.29, 0.717) is 0 Å². The first-order chi connectivity index (χ1) is 5.07. The molecular weight excluding hydrogens is 134 g/mol. The van der Waals surface area contributed by atoms with Crippen LogP contribution in [-0.4, -0.2) is 25.0 Å². The van der Waals surface area contributed by atoms with Crippen LogP contribution in [0, 0.1) is 11.8 Å². The van der Waals surface area contributed by atoms with Crippen molar-refractivity contribution < 1.29 is 0 Å². The maximum Gasteiger partial charge on any atom is 0.000641 e. The number of hydrogen-bond acceptors (Lipinski definition) is 1. The minimum atomic E-state index is 0.814. The highest BCUT2D eigenvalue weighted by Gasteiger charge is 2.08. The van der Waals surface area contributed by atoms with Crippen LogP contribution in [0.4, 0.5) is 0 Å². The summed E-state index contributed by atoms with van der Waals surface area (Å²) in [5.74, 6) is 1.64. The van der Waals surface area contributed by atoms with Gasteiger partial charge in [0.2, 0.25) is 0 Å². The highest BCUT2D eigenvalue weighted by Crippen LogP contribution is 2.10. The van der Waals surface area contributed by atoms with Crippen molar-refractivity contribution in [3.63, 3.8) is 0 Å². The third-order valence-electron chi connectivity index (χ3n) is 2.34. The summed E-state index contributed by atoms with van der Waals surface area (Å²) in [5, 5.41) is 0. The van der Waals surface area contributed by atoms with Gasteiger partial charge in [0, 0.05) is 6.54 Å². The molecule has 0 heterocycles. The van der Waals surface area contributed by atoms with Crippen LogP contribution in [-0.2, 0) is 0 Å². The number of nitrogens with zero attached hydrogens (tertiary/aromatic N) is 1. The van der Waals surface area contributed by atoms with Gasteiger partial charge in [0.15, 0.2) is 0 Å². The van der Waals surface area contributed by atoms with Crippen LogP contribution in [0.15, 0.2) is 0 Å². The predicted molar refractivity (Wildman–Crippen MR) is 51.8 cm³/mol. The smallest absolute Gasteiger partial charge is 0.000641 e. The summed E-state index contributed by atoms with van der Waals surface area (Å²) in [6.07, 6.45) is 1.27. The van der Waals surface area contributed by atoms with E-state index in [4.69, 9.17) is 0 Å². The molecule has 0 aliphatic rings. The van der Waals surface area contributed by atoms with E-state index >= 15 is 0 Å². The third-order valence-corrected chi connectivity index (χ3v) is 2.34. The quantitative estimate of drug-likeness (QED) is 0.593. The van der Waals surface area contributed by atoms with E-state index in [1.807, 2.05) is 0 Å². The molecule has 0 saturated carbocycles. The Morgan fingerprint density at radius 1 is 1.18 bits per heavy atom. The monoisotopic (exact) mass is 157 g/mol. The maximum atomic E-state index is 2.42.